The van der Waals surface area contributed by atoms with Gasteiger partial charge in [0.2, 0.25) is 5.91 Å². The summed E-state index contributed by atoms with van der Waals surface area (Å²) >= 11 is 2.65. The summed E-state index contributed by atoms with van der Waals surface area (Å²) in [5, 5.41) is 5.56. The number of ether oxygens (including phenoxy) is 1. The van der Waals surface area contributed by atoms with Crippen molar-refractivity contribution in [2.75, 3.05) is 11.9 Å². The van der Waals surface area contributed by atoms with E-state index < -0.39 is 11.9 Å². The quantitative estimate of drug-likeness (QED) is 0.300. The Bertz CT molecular complexity index is 1650. The smallest absolute Gasteiger partial charge is 0.338 e. The zero-order chi connectivity index (χ0) is 25.2. The summed E-state index contributed by atoms with van der Waals surface area (Å²) in [7, 11) is 0. The molecule has 5 aromatic rings. The molecule has 3 aromatic heterocycles. The monoisotopic (exact) mass is 518 g/mol. The Labute approximate surface area is 214 Å². The minimum absolute atomic E-state index is 0.199. The Kier molecular flexibility index (Phi) is 6.62. The maximum atomic E-state index is 13.3. The second-order valence-corrected chi connectivity index (χ2v) is 9.92. The van der Waals surface area contributed by atoms with Gasteiger partial charge in [-0.2, -0.15) is 0 Å². The Morgan fingerprint density at radius 1 is 1.11 bits per heavy atom. The Morgan fingerprint density at radius 3 is 2.67 bits per heavy atom. The number of nitrogens with one attached hydrogen (secondary N) is 1. The van der Waals surface area contributed by atoms with Crippen molar-refractivity contribution in [3.8, 4) is 11.1 Å². The first kappa shape index (κ1) is 23.8. The van der Waals surface area contributed by atoms with Crippen LogP contribution in [0.4, 0.5) is 5.13 Å². The van der Waals surface area contributed by atoms with E-state index in [1.807, 2.05) is 17.5 Å². The molecule has 0 spiro atoms. The average Bonchev–Trinajstić information content (AvgIpc) is 3.49. The first-order chi connectivity index (χ1) is 17.5. The molecule has 0 saturated carbocycles. The molecule has 3 heterocycles. The number of aromatic nitrogens is 3. The molecule has 5 rings (SSSR count). The van der Waals surface area contributed by atoms with Gasteiger partial charge in [-0.15, -0.1) is 11.3 Å². The molecule has 1 N–H and O–H groups in total. The molecule has 0 atom stereocenters. The summed E-state index contributed by atoms with van der Waals surface area (Å²) in [5.74, 6) is -0.804. The molecule has 8 nitrogen and oxygen atoms in total. The van der Waals surface area contributed by atoms with Gasteiger partial charge in [0, 0.05) is 10.9 Å². The van der Waals surface area contributed by atoms with Crippen LogP contribution in [0.25, 0.3) is 31.6 Å². The minimum atomic E-state index is -0.408. The highest BCUT2D eigenvalue weighted by molar-refractivity contribution is 7.22. The largest absolute Gasteiger partial charge is 0.462 e. The maximum absolute atomic E-state index is 13.3. The number of esters is 1. The van der Waals surface area contributed by atoms with Crippen molar-refractivity contribution in [3.05, 3.63) is 75.7 Å². The zero-order valence-electron chi connectivity index (χ0n) is 19.6. The second-order valence-electron chi connectivity index (χ2n) is 8.03. The number of amides is 1. The molecule has 1 amide bonds. The van der Waals surface area contributed by atoms with E-state index in [1.165, 1.54) is 39.1 Å². The number of rotatable bonds is 7. The summed E-state index contributed by atoms with van der Waals surface area (Å²) in [6, 6.07) is 13.1. The first-order valence-corrected chi connectivity index (χ1v) is 13.1. The molecule has 36 heavy (non-hydrogen) atoms. The van der Waals surface area contributed by atoms with Crippen molar-refractivity contribution >= 4 is 60.1 Å². The van der Waals surface area contributed by atoms with Gasteiger partial charge >= 0.3 is 5.97 Å². The van der Waals surface area contributed by atoms with Crippen LogP contribution in [0.2, 0.25) is 0 Å². The SMILES string of the molecule is CCOC(=O)c1ccc2nc(NC(=O)Cn3cnc4scc(-c5ccc(CC)cc5)c4c3=O)sc2c1. The lowest BCUT2D eigenvalue weighted by Crippen LogP contribution is -2.27. The summed E-state index contributed by atoms with van der Waals surface area (Å²) in [4.78, 5) is 47.5. The topological polar surface area (TPSA) is 103 Å². The van der Waals surface area contributed by atoms with Gasteiger partial charge in [-0.3, -0.25) is 14.2 Å². The fraction of sp³-hybridized carbons (Fsp3) is 0.192. The van der Waals surface area contributed by atoms with Gasteiger partial charge in [0.05, 0.1) is 34.1 Å². The van der Waals surface area contributed by atoms with Crippen LogP contribution in [-0.4, -0.2) is 33.0 Å². The Balaban J connectivity index is 1.37. The zero-order valence-corrected chi connectivity index (χ0v) is 21.2. The molecule has 2 aromatic carbocycles. The second kappa shape index (κ2) is 10.00. The van der Waals surface area contributed by atoms with Gasteiger partial charge in [0.15, 0.2) is 5.13 Å². The molecule has 0 aliphatic rings. The lowest BCUT2D eigenvalue weighted by atomic mass is 10.0. The van der Waals surface area contributed by atoms with Crippen LogP contribution in [0.15, 0.2) is 59.0 Å². The van der Waals surface area contributed by atoms with E-state index in [4.69, 9.17) is 4.74 Å². The van der Waals surface area contributed by atoms with Crippen molar-refractivity contribution < 1.29 is 14.3 Å². The highest BCUT2D eigenvalue weighted by Gasteiger charge is 2.16. The molecule has 0 bridgehead atoms. The number of carbonyl (C=O) groups is 2. The van der Waals surface area contributed by atoms with Crippen molar-refractivity contribution in [2.24, 2.45) is 0 Å². The molecule has 0 unspecified atom stereocenters. The number of carbonyl (C=O) groups excluding carboxylic acids is 2. The van der Waals surface area contributed by atoms with E-state index in [2.05, 4.69) is 34.3 Å². The number of thiazole rings is 1. The summed E-state index contributed by atoms with van der Waals surface area (Å²) in [5.41, 5.74) is 3.78. The normalized spacial score (nSPS) is 11.2. The summed E-state index contributed by atoms with van der Waals surface area (Å²) in [6.45, 7) is 3.94. The van der Waals surface area contributed by atoms with Gasteiger partial charge in [0.1, 0.15) is 11.4 Å². The van der Waals surface area contributed by atoms with Crippen LogP contribution in [0, 0.1) is 0 Å². The third-order valence-electron chi connectivity index (χ3n) is 5.69. The fourth-order valence-corrected chi connectivity index (χ4v) is 5.67. The molecular weight excluding hydrogens is 496 g/mol. The summed E-state index contributed by atoms with van der Waals surface area (Å²) in [6.07, 6.45) is 2.34. The van der Waals surface area contributed by atoms with E-state index in [0.717, 1.165) is 22.2 Å². The number of nitrogens with zero attached hydrogens (tertiary/aromatic N) is 3. The Morgan fingerprint density at radius 2 is 1.92 bits per heavy atom. The lowest BCUT2D eigenvalue weighted by Gasteiger charge is -2.06. The predicted octanol–water partition coefficient (Wildman–Crippen LogP) is 5.11. The molecule has 182 valence electrons. The van der Waals surface area contributed by atoms with Crippen molar-refractivity contribution in [3.63, 3.8) is 0 Å². The van der Waals surface area contributed by atoms with Crippen molar-refractivity contribution in [1.29, 1.82) is 0 Å². The predicted molar refractivity (Wildman–Crippen MR) is 143 cm³/mol. The van der Waals surface area contributed by atoms with E-state index in [1.54, 1.807) is 25.1 Å². The average molecular weight is 519 g/mol. The van der Waals surface area contributed by atoms with Crippen LogP contribution < -0.4 is 10.9 Å². The van der Waals surface area contributed by atoms with E-state index in [9.17, 15) is 14.4 Å². The van der Waals surface area contributed by atoms with Crippen LogP contribution in [0.1, 0.15) is 29.8 Å². The molecule has 0 aliphatic heterocycles. The molecular formula is C26H22N4O4S2. The number of hydrogen-bond donors (Lipinski definition) is 1. The molecule has 10 heteroatoms. The number of hydrogen-bond acceptors (Lipinski definition) is 8. The van der Waals surface area contributed by atoms with E-state index in [-0.39, 0.29) is 12.1 Å². The number of thiophene rings is 1. The van der Waals surface area contributed by atoms with Gasteiger partial charge in [0.25, 0.3) is 5.56 Å². The van der Waals surface area contributed by atoms with Gasteiger partial charge in [-0.1, -0.05) is 42.5 Å². The van der Waals surface area contributed by atoms with Crippen molar-refractivity contribution in [2.45, 2.75) is 26.8 Å². The number of anilines is 1. The molecule has 0 saturated heterocycles. The van der Waals surface area contributed by atoms with Crippen molar-refractivity contribution in [1.82, 2.24) is 14.5 Å². The minimum Gasteiger partial charge on any atom is -0.462 e. The fourth-order valence-electron chi connectivity index (χ4n) is 3.85. The van der Waals surface area contributed by atoms with Crippen LogP contribution in [0.3, 0.4) is 0 Å². The van der Waals surface area contributed by atoms with Crippen LogP contribution in [0.5, 0.6) is 0 Å². The summed E-state index contributed by atoms with van der Waals surface area (Å²) < 4.78 is 7.09. The number of benzene rings is 2. The highest BCUT2D eigenvalue weighted by Crippen LogP contribution is 2.31. The molecule has 0 aliphatic carbocycles. The van der Waals surface area contributed by atoms with Crippen LogP contribution in [-0.2, 0) is 22.5 Å². The highest BCUT2D eigenvalue weighted by atomic mass is 32.1. The first-order valence-electron chi connectivity index (χ1n) is 11.4. The van der Waals surface area contributed by atoms with Crippen LogP contribution >= 0.6 is 22.7 Å². The van der Waals surface area contributed by atoms with E-state index in [0.29, 0.717) is 33.0 Å². The van der Waals surface area contributed by atoms with E-state index >= 15 is 0 Å². The Hall–Kier alpha value is -3.89. The molecule has 0 radical (unpaired) electrons. The third kappa shape index (κ3) is 4.65. The maximum Gasteiger partial charge on any atom is 0.338 e. The third-order valence-corrected chi connectivity index (χ3v) is 7.51. The standard InChI is InChI=1S/C26H22N4O4S2/c1-3-15-5-7-16(8-6-15)18-13-35-23-22(18)24(32)30(14-27-23)12-21(31)29-26-28-19-10-9-17(11-20(19)36-26)25(33)34-4-2/h5-11,13-14H,3-4,12H2,1-2H3,(H,28,29,31). The van der Waals surface area contributed by atoms with Gasteiger partial charge < -0.3 is 10.1 Å². The molecule has 0 fully saturated rings. The number of fused-ring (bicyclic) bond motifs is 2. The lowest BCUT2D eigenvalue weighted by molar-refractivity contribution is -0.116. The number of aryl methyl sites for hydroxylation is 1. The van der Waals surface area contributed by atoms with Gasteiger partial charge in [-0.05, 0) is 42.7 Å². The van der Waals surface area contributed by atoms with Gasteiger partial charge in [-0.25, -0.2) is 14.8 Å².